The van der Waals surface area contributed by atoms with Crippen LogP contribution in [0.25, 0.3) is 0 Å². The van der Waals surface area contributed by atoms with Crippen LogP contribution < -0.4 is 0 Å². The van der Waals surface area contributed by atoms with Gasteiger partial charge >= 0.3 is 60.7 Å². The molecule has 0 aliphatic heterocycles. The average Bonchev–Trinajstić information content (AvgIpc) is 2.38. The second-order valence-electron chi connectivity index (χ2n) is 3.49. The van der Waals surface area contributed by atoms with E-state index in [2.05, 4.69) is 14.8 Å². The molecule has 2 nitrogen and oxygen atoms in total. The Kier molecular flexibility index (Phi) is 2.40. The Morgan fingerprint density at radius 1 is 1.22 bits per heavy atom. The summed E-state index contributed by atoms with van der Waals surface area (Å²) in [6.45, 7) is 0. The summed E-state index contributed by atoms with van der Waals surface area (Å²) in [7, 11) is 0. The quantitative estimate of drug-likeness (QED) is 0.424. The van der Waals surface area contributed by atoms with E-state index in [1.165, 1.54) is 12.8 Å². The maximum atomic E-state index is 5.26. The summed E-state index contributed by atoms with van der Waals surface area (Å²) in [6, 6.07) is 0. The van der Waals surface area contributed by atoms with Crippen LogP contribution in [0.3, 0.4) is 0 Å². The van der Waals surface area contributed by atoms with Gasteiger partial charge < -0.3 is 0 Å². The van der Waals surface area contributed by atoms with E-state index in [1.54, 1.807) is 0 Å². The van der Waals surface area contributed by atoms with E-state index in [0.29, 0.717) is 6.10 Å². The van der Waals surface area contributed by atoms with E-state index in [-0.39, 0.29) is 0 Å². The van der Waals surface area contributed by atoms with Gasteiger partial charge in [-0.15, -0.1) is 0 Å². The predicted octanol–water partition coefficient (Wildman–Crippen LogP) is 1.93. The molecule has 0 aromatic heterocycles. The molecule has 0 amide bonds. The van der Waals surface area contributed by atoms with Crippen molar-refractivity contribution >= 4 is 18.8 Å². The Labute approximate surface area is 60.9 Å². The molecular formula is C6H14O2Sn. The van der Waals surface area contributed by atoms with Gasteiger partial charge in [0.1, 0.15) is 0 Å². The normalized spacial score (nSPS) is 20.3. The third-order valence-electron chi connectivity index (χ3n) is 0.959. The predicted molar refractivity (Wildman–Crippen MR) is 38.5 cm³/mol. The first-order valence-corrected chi connectivity index (χ1v) is 13.2. The molecule has 0 spiro atoms. The fourth-order valence-corrected chi connectivity index (χ4v) is 1.59. The van der Waals surface area contributed by atoms with Crippen molar-refractivity contribution in [1.29, 1.82) is 0 Å². The molecule has 54 valence electrons. The molecule has 0 N–H and O–H groups in total. The van der Waals surface area contributed by atoms with Gasteiger partial charge in [-0.05, 0) is 0 Å². The Balaban J connectivity index is 2.03. The molecule has 3 heteroatoms. The first-order chi connectivity index (χ1) is 4.08. The second kappa shape index (κ2) is 2.76. The maximum absolute atomic E-state index is 5.26. The van der Waals surface area contributed by atoms with Crippen LogP contribution in [0.1, 0.15) is 12.8 Å². The Hall–Kier alpha value is 0.719. The zero-order valence-corrected chi connectivity index (χ0v) is 9.16. The third kappa shape index (κ3) is 4.17. The standard InChI is InChI=1S/C3H6O2.3CH3.Sn/c4-5-3-1-2-3;;;;/h3-4H,1-2H2;3*1H3;/q;;;;+1/p-1. The minimum absolute atomic E-state index is 0.445. The molecule has 0 bridgehead atoms. The molecule has 1 saturated carbocycles. The van der Waals surface area contributed by atoms with Gasteiger partial charge in [-0.1, -0.05) is 0 Å². The van der Waals surface area contributed by atoms with E-state index < -0.39 is 18.8 Å². The van der Waals surface area contributed by atoms with Gasteiger partial charge in [0.15, 0.2) is 0 Å². The van der Waals surface area contributed by atoms with Crippen LogP contribution in [0, 0.1) is 0 Å². The van der Waals surface area contributed by atoms with E-state index in [4.69, 9.17) is 8.11 Å². The summed E-state index contributed by atoms with van der Waals surface area (Å²) >= 11 is -2.04. The Morgan fingerprint density at radius 2 is 1.78 bits per heavy atom. The molecule has 0 heterocycles. The Bertz CT molecular complexity index is 93.7. The summed E-state index contributed by atoms with van der Waals surface area (Å²) < 4.78 is 5.26. The molecule has 0 aromatic rings. The molecule has 1 fully saturated rings. The first kappa shape index (κ1) is 7.82. The fraction of sp³-hybridized carbons (Fsp3) is 1.00. The number of hydrogen-bond donors (Lipinski definition) is 0. The fourth-order valence-electron chi connectivity index (χ4n) is 0.377. The zero-order valence-electron chi connectivity index (χ0n) is 6.31. The molecule has 1 aliphatic rings. The summed E-state index contributed by atoms with van der Waals surface area (Å²) in [5.74, 6) is 0. The van der Waals surface area contributed by atoms with Crippen LogP contribution in [-0.4, -0.2) is 24.9 Å². The topological polar surface area (TPSA) is 18.5 Å². The molecule has 1 aliphatic carbocycles. The van der Waals surface area contributed by atoms with E-state index in [1.807, 2.05) is 0 Å². The van der Waals surface area contributed by atoms with Crippen molar-refractivity contribution in [3.63, 3.8) is 0 Å². The first-order valence-electron chi connectivity index (χ1n) is 3.42. The van der Waals surface area contributed by atoms with Crippen molar-refractivity contribution < 1.29 is 8.11 Å². The summed E-state index contributed by atoms with van der Waals surface area (Å²) in [6.07, 6.45) is 2.84. The summed E-state index contributed by atoms with van der Waals surface area (Å²) in [5, 5.41) is 0. The zero-order chi connectivity index (χ0) is 6.91. The number of hydrogen-bond acceptors (Lipinski definition) is 2. The average molecular weight is 237 g/mol. The molecule has 0 unspecified atom stereocenters. The van der Waals surface area contributed by atoms with Crippen LogP contribution in [-0.2, 0) is 8.11 Å². The SMILES string of the molecule is [CH3][Sn]([CH3])([CH3])[O]OC1CC1. The second-order valence-corrected chi connectivity index (χ2v) is 16.0. The molecule has 0 radical (unpaired) electrons. The van der Waals surface area contributed by atoms with Crippen molar-refractivity contribution in [2.24, 2.45) is 0 Å². The molecule has 0 aromatic carbocycles. The van der Waals surface area contributed by atoms with Gasteiger partial charge in [0.25, 0.3) is 0 Å². The van der Waals surface area contributed by atoms with Gasteiger partial charge in [-0.2, -0.15) is 0 Å². The van der Waals surface area contributed by atoms with Crippen molar-refractivity contribution in [3.05, 3.63) is 0 Å². The van der Waals surface area contributed by atoms with Crippen molar-refractivity contribution in [2.45, 2.75) is 33.8 Å². The van der Waals surface area contributed by atoms with Gasteiger partial charge in [0, 0.05) is 0 Å². The monoisotopic (exact) mass is 238 g/mol. The molecule has 1 rings (SSSR count). The van der Waals surface area contributed by atoms with Crippen molar-refractivity contribution in [3.8, 4) is 0 Å². The van der Waals surface area contributed by atoms with Crippen LogP contribution in [0.4, 0.5) is 0 Å². The molecule has 0 saturated heterocycles. The van der Waals surface area contributed by atoms with Crippen molar-refractivity contribution in [2.75, 3.05) is 0 Å². The minimum atomic E-state index is -2.04. The van der Waals surface area contributed by atoms with Crippen LogP contribution >= 0.6 is 0 Å². The van der Waals surface area contributed by atoms with Crippen molar-refractivity contribution in [1.82, 2.24) is 0 Å². The van der Waals surface area contributed by atoms with Gasteiger partial charge in [-0.25, -0.2) is 0 Å². The van der Waals surface area contributed by atoms with Crippen LogP contribution in [0.5, 0.6) is 0 Å². The van der Waals surface area contributed by atoms with E-state index >= 15 is 0 Å². The molecule has 0 atom stereocenters. The van der Waals surface area contributed by atoms with Crippen LogP contribution in [0.2, 0.25) is 14.8 Å². The third-order valence-corrected chi connectivity index (χ3v) is 2.66. The van der Waals surface area contributed by atoms with E-state index in [9.17, 15) is 0 Å². The van der Waals surface area contributed by atoms with Crippen LogP contribution in [0.15, 0.2) is 0 Å². The molecular weight excluding hydrogens is 223 g/mol. The summed E-state index contributed by atoms with van der Waals surface area (Å²) in [5.41, 5.74) is 0. The van der Waals surface area contributed by atoms with Gasteiger partial charge in [0.05, 0.1) is 0 Å². The molecule has 9 heavy (non-hydrogen) atoms. The number of rotatable bonds is 3. The van der Waals surface area contributed by atoms with Gasteiger partial charge in [-0.3, -0.25) is 0 Å². The van der Waals surface area contributed by atoms with E-state index in [0.717, 1.165) is 0 Å². The summed E-state index contributed by atoms with van der Waals surface area (Å²) in [4.78, 5) is 11.7. The van der Waals surface area contributed by atoms with Gasteiger partial charge in [0.2, 0.25) is 0 Å². The Morgan fingerprint density at radius 3 is 2.11 bits per heavy atom.